The molecule has 0 fully saturated rings. The van der Waals surface area contributed by atoms with Crippen molar-refractivity contribution in [2.45, 2.75) is 20.8 Å². The lowest BCUT2D eigenvalue weighted by atomic mass is 10.1. The Morgan fingerprint density at radius 3 is 2.67 bits per heavy atom. The number of anilines is 1. The van der Waals surface area contributed by atoms with E-state index in [1.165, 1.54) is 0 Å². The predicted molar refractivity (Wildman–Crippen MR) is 70.8 cm³/mol. The second-order valence-corrected chi connectivity index (χ2v) is 4.37. The zero-order valence-electron chi connectivity index (χ0n) is 11.0. The highest BCUT2D eigenvalue weighted by atomic mass is 16.4. The topological polar surface area (TPSA) is 64.3 Å². The number of hydrogen-bond donors (Lipinski definition) is 1. The number of aryl methyl sites for hydroxylation is 1. The molecule has 0 aliphatic carbocycles. The van der Waals surface area contributed by atoms with E-state index in [1.54, 1.807) is 19.1 Å². The lowest BCUT2D eigenvalue weighted by molar-refractivity contribution is 0.0696. The van der Waals surface area contributed by atoms with E-state index in [0.29, 0.717) is 12.1 Å². The summed E-state index contributed by atoms with van der Waals surface area (Å²) in [7, 11) is 0. The fourth-order valence-electron chi connectivity index (χ4n) is 1.87. The van der Waals surface area contributed by atoms with E-state index in [4.69, 9.17) is 10.4 Å². The molecular formula is C14H18N2O2. The molecule has 1 rings (SSSR count). The average Bonchev–Trinajstić information content (AvgIpc) is 2.34. The van der Waals surface area contributed by atoms with Crippen LogP contribution in [0.4, 0.5) is 5.69 Å². The third-order valence-electron chi connectivity index (χ3n) is 2.90. The van der Waals surface area contributed by atoms with Crippen molar-refractivity contribution in [3.8, 4) is 6.07 Å². The molecule has 0 saturated carbocycles. The normalized spacial score (nSPS) is 11.7. The first kappa shape index (κ1) is 14.0. The van der Waals surface area contributed by atoms with Crippen LogP contribution >= 0.6 is 0 Å². The van der Waals surface area contributed by atoms with E-state index in [9.17, 15) is 4.79 Å². The SMILES string of the molecule is CCN(CC(C)C#N)c1ccc(C(=O)O)c(C)c1. The van der Waals surface area contributed by atoms with E-state index < -0.39 is 5.97 Å². The molecule has 4 heteroatoms. The lowest BCUT2D eigenvalue weighted by Gasteiger charge is -2.24. The van der Waals surface area contributed by atoms with E-state index in [1.807, 2.05) is 19.9 Å². The Balaban J connectivity index is 2.98. The fraction of sp³-hybridized carbons (Fsp3) is 0.429. The Kier molecular flexibility index (Phi) is 4.73. The molecule has 18 heavy (non-hydrogen) atoms. The zero-order valence-corrected chi connectivity index (χ0v) is 11.0. The van der Waals surface area contributed by atoms with Crippen molar-refractivity contribution in [1.82, 2.24) is 0 Å². The Labute approximate surface area is 107 Å². The minimum Gasteiger partial charge on any atom is -0.478 e. The van der Waals surface area contributed by atoms with Gasteiger partial charge in [-0.15, -0.1) is 0 Å². The van der Waals surface area contributed by atoms with Gasteiger partial charge in [0.1, 0.15) is 0 Å². The van der Waals surface area contributed by atoms with Gasteiger partial charge in [-0.05, 0) is 44.5 Å². The van der Waals surface area contributed by atoms with Gasteiger partial charge >= 0.3 is 5.97 Å². The number of nitrogens with zero attached hydrogens (tertiary/aromatic N) is 2. The molecule has 1 aromatic rings. The number of carboxylic acids is 1. The van der Waals surface area contributed by atoms with Crippen molar-refractivity contribution in [2.75, 3.05) is 18.0 Å². The van der Waals surface area contributed by atoms with E-state index in [0.717, 1.165) is 17.8 Å². The highest BCUT2D eigenvalue weighted by Crippen LogP contribution is 2.20. The Bertz CT molecular complexity index is 477. The Hall–Kier alpha value is -2.02. The molecule has 0 aliphatic heterocycles. The number of nitriles is 1. The van der Waals surface area contributed by atoms with Crippen LogP contribution in [0.1, 0.15) is 29.8 Å². The van der Waals surface area contributed by atoms with Gasteiger partial charge in [0, 0.05) is 18.8 Å². The highest BCUT2D eigenvalue weighted by molar-refractivity contribution is 5.89. The minimum absolute atomic E-state index is 0.0515. The molecule has 96 valence electrons. The minimum atomic E-state index is -0.910. The van der Waals surface area contributed by atoms with E-state index in [2.05, 4.69) is 11.0 Å². The van der Waals surface area contributed by atoms with Crippen LogP contribution in [-0.4, -0.2) is 24.2 Å². The third-order valence-corrected chi connectivity index (χ3v) is 2.90. The summed E-state index contributed by atoms with van der Waals surface area (Å²) in [6, 6.07) is 7.48. The van der Waals surface area contributed by atoms with Crippen molar-refractivity contribution in [3.05, 3.63) is 29.3 Å². The molecule has 0 aliphatic rings. The number of aromatic carboxylic acids is 1. The molecule has 1 aromatic carbocycles. The maximum absolute atomic E-state index is 10.9. The first-order chi connectivity index (χ1) is 8.49. The van der Waals surface area contributed by atoms with Crippen LogP contribution in [-0.2, 0) is 0 Å². The van der Waals surface area contributed by atoms with Gasteiger partial charge in [0.15, 0.2) is 0 Å². The fourth-order valence-corrected chi connectivity index (χ4v) is 1.87. The van der Waals surface area contributed by atoms with Crippen molar-refractivity contribution in [3.63, 3.8) is 0 Å². The smallest absolute Gasteiger partial charge is 0.335 e. The number of benzene rings is 1. The van der Waals surface area contributed by atoms with Gasteiger partial charge < -0.3 is 10.0 Å². The summed E-state index contributed by atoms with van der Waals surface area (Å²) in [5.74, 6) is -0.961. The summed E-state index contributed by atoms with van der Waals surface area (Å²) in [6.45, 7) is 7.12. The molecule has 0 saturated heterocycles. The number of carbonyl (C=O) groups is 1. The molecule has 1 unspecified atom stereocenters. The maximum atomic E-state index is 10.9. The number of rotatable bonds is 5. The maximum Gasteiger partial charge on any atom is 0.335 e. The van der Waals surface area contributed by atoms with E-state index >= 15 is 0 Å². The van der Waals surface area contributed by atoms with Crippen molar-refractivity contribution in [2.24, 2.45) is 5.92 Å². The lowest BCUT2D eigenvalue weighted by Crippen LogP contribution is -2.27. The van der Waals surface area contributed by atoms with Crippen LogP contribution < -0.4 is 4.90 Å². The Morgan fingerprint density at radius 1 is 1.56 bits per heavy atom. The van der Waals surface area contributed by atoms with Crippen LogP contribution in [0.2, 0.25) is 0 Å². The first-order valence-corrected chi connectivity index (χ1v) is 5.98. The summed E-state index contributed by atoms with van der Waals surface area (Å²) in [6.07, 6.45) is 0. The van der Waals surface area contributed by atoms with Crippen LogP contribution in [0.25, 0.3) is 0 Å². The van der Waals surface area contributed by atoms with Gasteiger partial charge in [-0.1, -0.05) is 0 Å². The van der Waals surface area contributed by atoms with Crippen LogP contribution in [0.3, 0.4) is 0 Å². The largest absolute Gasteiger partial charge is 0.478 e. The molecule has 0 spiro atoms. The molecule has 0 heterocycles. The van der Waals surface area contributed by atoms with Crippen molar-refractivity contribution >= 4 is 11.7 Å². The molecule has 4 nitrogen and oxygen atoms in total. The molecule has 1 atom stereocenters. The molecular weight excluding hydrogens is 228 g/mol. The van der Waals surface area contributed by atoms with Gasteiger partial charge in [0.25, 0.3) is 0 Å². The van der Waals surface area contributed by atoms with Crippen molar-refractivity contribution < 1.29 is 9.90 Å². The van der Waals surface area contributed by atoms with Crippen LogP contribution in [0.5, 0.6) is 0 Å². The molecule has 0 radical (unpaired) electrons. The summed E-state index contributed by atoms with van der Waals surface area (Å²) in [5.41, 5.74) is 2.02. The standard InChI is InChI=1S/C14H18N2O2/c1-4-16(9-10(2)8-15)12-5-6-13(14(17)18)11(3)7-12/h5-7,10H,4,9H2,1-3H3,(H,17,18). The monoisotopic (exact) mass is 246 g/mol. The van der Waals surface area contributed by atoms with Gasteiger partial charge in [-0.3, -0.25) is 0 Å². The summed E-state index contributed by atoms with van der Waals surface area (Å²) in [4.78, 5) is 13.0. The average molecular weight is 246 g/mol. The van der Waals surface area contributed by atoms with Gasteiger partial charge in [0.2, 0.25) is 0 Å². The van der Waals surface area contributed by atoms with Gasteiger partial charge in [-0.2, -0.15) is 5.26 Å². The second-order valence-electron chi connectivity index (χ2n) is 4.37. The Morgan fingerprint density at radius 2 is 2.22 bits per heavy atom. The second kappa shape index (κ2) is 6.06. The third kappa shape index (κ3) is 3.24. The summed E-state index contributed by atoms with van der Waals surface area (Å²) >= 11 is 0. The zero-order chi connectivity index (χ0) is 13.7. The summed E-state index contributed by atoms with van der Waals surface area (Å²) < 4.78 is 0. The van der Waals surface area contributed by atoms with Gasteiger partial charge in [-0.25, -0.2) is 4.79 Å². The van der Waals surface area contributed by atoms with E-state index in [-0.39, 0.29) is 5.92 Å². The highest BCUT2D eigenvalue weighted by Gasteiger charge is 2.12. The predicted octanol–water partition coefficient (Wildman–Crippen LogP) is 2.68. The van der Waals surface area contributed by atoms with Gasteiger partial charge in [0.05, 0.1) is 17.6 Å². The quantitative estimate of drug-likeness (QED) is 0.867. The number of hydrogen-bond acceptors (Lipinski definition) is 3. The molecule has 1 N–H and O–H groups in total. The summed E-state index contributed by atoms with van der Waals surface area (Å²) in [5, 5.41) is 17.8. The molecule has 0 aromatic heterocycles. The molecule has 0 amide bonds. The number of carboxylic acid groups (broad SMARTS) is 1. The first-order valence-electron chi connectivity index (χ1n) is 5.98. The molecule has 0 bridgehead atoms. The van der Waals surface area contributed by atoms with Crippen LogP contribution in [0, 0.1) is 24.2 Å². The van der Waals surface area contributed by atoms with Crippen LogP contribution in [0.15, 0.2) is 18.2 Å². The van der Waals surface area contributed by atoms with Crippen molar-refractivity contribution in [1.29, 1.82) is 5.26 Å².